The van der Waals surface area contributed by atoms with Crippen LogP contribution in [-0.4, -0.2) is 6.54 Å². The molecule has 0 saturated carbocycles. The average Bonchev–Trinajstić information content (AvgIpc) is 2.48. The van der Waals surface area contributed by atoms with Crippen LogP contribution >= 0.6 is 0 Å². The van der Waals surface area contributed by atoms with Crippen LogP contribution in [0.25, 0.3) is 0 Å². The predicted molar refractivity (Wildman–Crippen MR) is 81.2 cm³/mol. The van der Waals surface area contributed by atoms with Gasteiger partial charge in [0.05, 0.1) is 6.20 Å². The summed E-state index contributed by atoms with van der Waals surface area (Å²) in [6.45, 7) is 0.833. The molecule has 0 aromatic heterocycles. The number of allylic oxidation sites excluding steroid dienone is 2. The van der Waals surface area contributed by atoms with Crippen molar-refractivity contribution in [3.05, 3.63) is 85.1 Å². The molecule has 0 radical (unpaired) electrons. The van der Waals surface area contributed by atoms with Gasteiger partial charge in [-0.25, -0.2) is 0 Å². The van der Waals surface area contributed by atoms with Gasteiger partial charge in [-0.1, -0.05) is 48.6 Å². The minimum Gasteiger partial charge on any atom is -0.382 e. The van der Waals surface area contributed by atoms with Gasteiger partial charge in [0.15, 0.2) is 0 Å². The lowest BCUT2D eigenvalue weighted by molar-refractivity contribution is -0.496. The van der Waals surface area contributed by atoms with Gasteiger partial charge in [-0.3, -0.25) is 5.32 Å². The third-order valence-electron chi connectivity index (χ3n) is 2.64. The summed E-state index contributed by atoms with van der Waals surface area (Å²) in [5.41, 5.74) is 2.36. The zero-order valence-corrected chi connectivity index (χ0v) is 10.9. The molecule has 2 nitrogen and oxygen atoms in total. The summed E-state index contributed by atoms with van der Waals surface area (Å²) in [4.78, 5) is 0. The Morgan fingerprint density at radius 2 is 1.53 bits per heavy atom. The molecule has 0 fully saturated rings. The molecule has 0 spiro atoms. The van der Waals surface area contributed by atoms with Crippen molar-refractivity contribution in [2.75, 3.05) is 11.9 Å². The van der Waals surface area contributed by atoms with Gasteiger partial charge in [-0.05, 0) is 30.3 Å². The molecule has 3 N–H and O–H groups in total. The summed E-state index contributed by atoms with van der Waals surface area (Å²) in [5, 5.41) is 5.41. The lowest BCUT2D eigenvalue weighted by atomic mass is 10.3. The van der Waals surface area contributed by atoms with Crippen LogP contribution in [0.5, 0.6) is 0 Å². The topological polar surface area (TPSA) is 28.6 Å². The Morgan fingerprint density at radius 1 is 0.842 bits per heavy atom. The zero-order valence-electron chi connectivity index (χ0n) is 10.9. The molecule has 2 aromatic carbocycles. The molecule has 0 aliphatic heterocycles. The van der Waals surface area contributed by atoms with Crippen molar-refractivity contribution in [1.82, 2.24) is 0 Å². The molecule has 2 aromatic rings. The van der Waals surface area contributed by atoms with Gasteiger partial charge < -0.3 is 5.32 Å². The van der Waals surface area contributed by atoms with Crippen LogP contribution in [0.3, 0.4) is 0 Å². The quantitative estimate of drug-likeness (QED) is 0.599. The molecule has 0 saturated heterocycles. The van der Waals surface area contributed by atoms with E-state index in [0.717, 1.165) is 12.2 Å². The van der Waals surface area contributed by atoms with Crippen LogP contribution in [0.1, 0.15) is 0 Å². The van der Waals surface area contributed by atoms with E-state index in [4.69, 9.17) is 0 Å². The second kappa shape index (κ2) is 7.90. The highest BCUT2D eigenvalue weighted by atomic mass is 14.9. The van der Waals surface area contributed by atoms with E-state index in [9.17, 15) is 0 Å². The third-order valence-corrected chi connectivity index (χ3v) is 2.64. The summed E-state index contributed by atoms with van der Waals surface area (Å²) in [6.07, 6.45) is 8.24. The molecule has 0 aliphatic carbocycles. The van der Waals surface area contributed by atoms with Crippen LogP contribution in [0.4, 0.5) is 11.4 Å². The van der Waals surface area contributed by atoms with E-state index in [1.54, 1.807) is 0 Å². The summed E-state index contributed by atoms with van der Waals surface area (Å²) >= 11 is 0. The second-order valence-corrected chi connectivity index (χ2v) is 4.14. The standard InChI is InChI=1S/C17H18N2/c1-4-10-16(11-5-1)18-14-8-3-9-15-19-17-12-6-2-7-13-17/h1-14,18-19H,15H2/p+1/b9-3+,14-8+. The van der Waals surface area contributed by atoms with Gasteiger partial charge in [0.2, 0.25) is 0 Å². The Kier molecular flexibility index (Phi) is 5.46. The van der Waals surface area contributed by atoms with E-state index in [2.05, 4.69) is 47.1 Å². The van der Waals surface area contributed by atoms with E-state index < -0.39 is 0 Å². The van der Waals surface area contributed by atoms with Crippen LogP contribution in [0.2, 0.25) is 0 Å². The van der Waals surface area contributed by atoms with Crippen LogP contribution in [0, 0.1) is 0 Å². The first-order valence-electron chi connectivity index (χ1n) is 6.46. The van der Waals surface area contributed by atoms with E-state index in [1.807, 2.05) is 48.7 Å². The molecule has 0 amide bonds. The number of hydrogen-bond donors (Lipinski definition) is 2. The molecule has 0 bridgehead atoms. The Bertz CT molecular complexity index is 515. The van der Waals surface area contributed by atoms with Crippen LogP contribution in [0.15, 0.2) is 85.1 Å². The summed E-state index contributed by atoms with van der Waals surface area (Å²) < 4.78 is 0. The second-order valence-electron chi connectivity index (χ2n) is 4.14. The molecular formula is C17H19N2+. The molecule has 2 rings (SSSR count). The summed E-state index contributed by atoms with van der Waals surface area (Å²) in [6, 6.07) is 20.5. The monoisotopic (exact) mass is 251 g/mol. The lowest BCUT2D eigenvalue weighted by Crippen LogP contribution is -2.70. The number of benzene rings is 2. The normalized spacial score (nSPS) is 11.2. The van der Waals surface area contributed by atoms with Gasteiger partial charge in [-0.2, -0.15) is 0 Å². The Hall–Kier alpha value is -2.32. The van der Waals surface area contributed by atoms with Crippen molar-refractivity contribution in [3.8, 4) is 0 Å². The molecule has 0 atom stereocenters. The fourth-order valence-corrected chi connectivity index (χ4v) is 1.67. The molecule has 96 valence electrons. The van der Waals surface area contributed by atoms with E-state index in [0.29, 0.717) is 0 Å². The first kappa shape index (κ1) is 13.1. The first-order valence-corrected chi connectivity index (χ1v) is 6.46. The van der Waals surface area contributed by atoms with Crippen LogP contribution < -0.4 is 10.6 Å². The highest BCUT2D eigenvalue weighted by Gasteiger charge is 1.87. The minimum absolute atomic E-state index is 0.833. The number of nitrogens with two attached hydrogens (primary N) is 1. The molecule has 0 unspecified atom stereocenters. The Labute approximate surface area is 114 Å². The highest BCUT2D eigenvalue weighted by Crippen LogP contribution is 2.03. The number of anilines is 1. The van der Waals surface area contributed by atoms with E-state index in [-0.39, 0.29) is 0 Å². The molecule has 0 aliphatic rings. The number of rotatable bonds is 6. The lowest BCUT2D eigenvalue weighted by Gasteiger charge is -2.00. The number of para-hydroxylation sites is 2. The fourth-order valence-electron chi connectivity index (χ4n) is 1.67. The van der Waals surface area contributed by atoms with Crippen molar-refractivity contribution in [3.63, 3.8) is 0 Å². The minimum atomic E-state index is 0.833. The maximum Gasteiger partial charge on any atom is 0.134 e. The van der Waals surface area contributed by atoms with Gasteiger partial charge in [0.1, 0.15) is 5.69 Å². The molecular weight excluding hydrogens is 232 g/mol. The Balaban J connectivity index is 1.66. The van der Waals surface area contributed by atoms with E-state index in [1.165, 1.54) is 5.69 Å². The van der Waals surface area contributed by atoms with E-state index >= 15 is 0 Å². The average molecular weight is 251 g/mol. The van der Waals surface area contributed by atoms with Crippen molar-refractivity contribution >= 4 is 11.4 Å². The third kappa shape index (κ3) is 5.23. The highest BCUT2D eigenvalue weighted by molar-refractivity contribution is 5.42. The number of quaternary nitrogens is 1. The van der Waals surface area contributed by atoms with Crippen LogP contribution in [-0.2, 0) is 0 Å². The van der Waals surface area contributed by atoms with Crippen molar-refractivity contribution < 1.29 is 5.32 Å². The number of hydrogen-bond acceptors (Lipinski definition) is 1. The summed E-state index contributed by atoms with van der Waals surface area (Å²) in [5.74, 6) is 0. The Morgan fingerprint density at radius 3 is 2.26 bits per heavy atom. The molecule has 2 heteroatoms. The van der Waals surface area contributed by atoms with Gasteiger partial charge in [0, 0.05) is 12.2 Å². The van der Waals surface area contributed by atoms with Gasteiger partial charge >= 0.3 is 0 Å². The first-order chi connectivity index (χ1) is 9.45. The predicted octanol–water partition coefficient (Wildman–Crippen LogP) is 3.06. The van der Waals surface area contributed by atoms with Crippen molar-refractivity contribution in [1.29, 1.82) is 0 Å². The maximum absolute atomic E-state index is 3.32. The molecule has 19 heavy (non-hydrogen) atoms. The van der Waals surface area contributed by atoms with Gasteiger partial charge in [0.25, 0.3) is 0 Å². The molecule has 0 heterocycles. The van der Waals surface area contributed by atoms with Crippen molar-refractivity contribution in [2.45, 2.75) is 0 Å². The smallest absolute Gasteiger partial charge is 0.134 e. The summed E-state index contributed by atoms with van der Waals surface area (Å²) in [7, 11) is 0. The number of nitrogens with one attached hydrogen (secondary N) is 1. The van der Waals surface area contributed by atoms with Crippen molar-refractivity contribution in [2.24, 2.45) is 0 Å². The SMILES string of the molecule is C(/C=C/[NH2+]c1ccccc1)=C\CNc1ccccc1. The maximum atomic E-state index is 3.32. The fraction of sp³-hybridized carbons (Fsp3) is 0.0588. The zero-order chi connectivity index (χ0) is 13.2. The van der Waals surface area contributed by atoms with Gasteiger partial charge in [-0.15, -0.1) is 0 Å². The largest absolute Gasteiger partial charge is 0.382 e.